The molecule has 0 aliphatic carbocycles. The second kappa shape index (κ2) is 7.22. The molecule has 116 valence electrons. The second-order valence-corrected chi connectivity index (χ2v) is 6.09. The number of aliphatic hydroxyl groups excluding tert-OH is 1. The van der Waals surface area contributed by atoms with Crippen LogP contribution in [-0.4, -0.2) is 30.1 Å². The molecule has 0 unspecified atom stereocenters. The highest BCUT2D eigenvalue weighted by atomic mass is 16.3. The molecule has 0 spiro atoms. The zero-order valence-corrected chi connectivity index (χ0v) is 13.1. The first-order valence-corrected chi connectivity index (χ1v) is 7.02. The summed E-state index contributed by atoms with van der Waals surface area (Å²) in [5.74, 6) is -1.34. The molecule has 5 nitrogen and oxygen atoms in total. The molecule has 21 heavy (non-hydrogen) atoms. The van der Waals surface area contributed by atoms with E-state index in [-0.39, 0.29) is 12.0 Å². The third kappa shape index (κ3) is 5.55. The van der Waals surface area contributed by atoms with E-state index in [4.69, 9.17) is 5.11 Å². The van der Waals surface area contributed by atoms with Gasteiger partial charge in [-0.2, -0.15) is 0 Å². The summed E-state index contributed by atoms with van der Waals surface area (Å²) < 4.78 is 0. The first-order chi connectivity index (χ1) is 9.75. The summed E-state index contributed by atoms with van der Waals surface area (Å²) in [5, 5.41) is 14.1. The van der Waals surface area contributed by atoms with Crippen LogP contribution in [0.1, 0.15) is 31.4 Å². The minimum absolute atomic E-state index is 0.0532. The Hall–Kier alpha value is -1.88. The van der Waals surface area contributed by atoms with E-state index in [9.17, 15) is 9.59 Å². The molecule has 0 heterocycles. The molecular weight excluding hydrogens is 268 g/mol. The number of nitrogens with one attached hydrogen (secondary N) is 2. The molecule has 1 aromatic carbocycles. The van der Waals surface area contributed by atoms with Crippen LogP contribution in [0.3, 0.4) is 0 Å². The van der Waals surface area contributed by atoms with Crippen molar-refractivity contribution in [2.75, 3.05) is 18.5 Å². The molecule has 2 amide bonds. The first-order valence-electron chi connectivity index (χ1n) is 7.02. The average Bonchev–Trinajstić information content (AvgIpc) is 2.39. The van der Waals surface area contributed by atoms with Crippen LogP contribution in [0.25, 0.3) is 0 Å². The lowest BCUT2D eigenvalue weighted by Crippen LogP contribution is -2.40. The van der Waals surface area contributed by atoms with Crippen molar-refractivity contribution >= 4 is 17.5 Å². The van der Waals surface area contributed by atoms with Gasteiger partial charge in [-0.05, 0) is 37.3 Å². The summed E-state index contributed by atoms with van der Waals surface area (Å²) in [4.78, 5) is 23.6. The van der Waals surface area contributed by atoms with Crippen molar-refractivity contribution in [3.05, 3.63) is 29.3 Å². The van der Waals surface area contributed by atoms with Crippen LogP contribution >= 0.6 is 0 Å². The molecule has 1 rings (SSSR count). The van der Waals surface area contributed by atoms with Gasteiger partial charge in [0.1, 0.15) is 0 Å². The number of benzene rings is 1. The van der Waals surface area contributed by atoms with Crippen LogP contribution in [0.4, 0.5) is 5.69 Å². The van der Waals surface area contributed by atoms with Gasteiger partial charge in [-0.15, -0.1) is 0 Å². The van der Waals surface area contributed by atoms with E-state index < -0.39 is 11.8 Å². The summed E-state index contributed by atoms with van der Waals surface area (Å²) in [7, 11) is 0. The lowest BCUT2D eigenvalue weighted by Gasteiger charge is -2.23. The normalized spacial score (nSPS) is 11.1. The minimum Gasteiger partial charge on any atom is -0.396 e. The summed E-state index contributed by atoms with van der Waals surface area (Å²) >= 11 is 0. The number of amides is 2. The highest BCUT2D eigenvalue weighted by Crippen LogP contribution is 2.18. The quantitative estimate of drug-likeness (QED) is 0.724. The number of rotatable bonds is 5. The van der Waals surface area contributed by atoms with Crippen molar-refractivity contribution in [2.45, 2.75) is 34.1 Å². The molecule has 1 aromatic rings. The van der Waals surface area contributed by atoms with Gasteiger partial charge in [0, 0.05) is 18.8 Å². The third-order valence-corrected chi connectivity index (χ3v) is 3.35. The van der Waals surface area contributed by atoms with Gasteiger partial charge in [0.2, 0.25) is 0 Å². The molecule has 0 aliphatic heterocycles. The predicted octanol–water partition coefficient (Wildman–Crippen LogP) is 1.77. The number of carbonyl (C=O) groups is 2. The Labute approximate surface area is 125 Å². The van der Waals surface area contributed by atoms with Crippen molar-refractivity contribution in [3.63, 3.8) is 0 Å². The van der Waals surface area contributed by atoms with E-state index >= 15 is 0 Å². The van der Waals surface area contributed by atoms with Crippen molar-refractivity contribution in [2.24, 2.45) is 5.41 Å². The topological polar surface area (TPSA) is 78.4 Å². The van der Waals surface area contributed by atoms with Gasteiger partial charge >= 0.3 is 11.8 Å². The molecule has 0 bridgehead atoms. The van der Waals surface area contributed by atoms with Crippen LogP contribution in [0, 0.1) is 19.3 Å². The minimum atomic E-state index is -0.679. The Morgan fingerprint density at radius 3 is 2.43 bits per heavy atom. The molecule has 0 aliphatic rings. The average molecular weight is 292 g/mol. The van der Waals surface area contributed by atoms with Crippen molar-refractivity contribution in [3.8, 4) is 0 Å². The number of anilines is 1. The first kappa shape index (κ1) is 17.2. The maximum Gasteiger partial charge on any atom is 0.313 e. The maximum absolute atomic E-state index is 11.9. The standard InChI is InChI=1S/C16H24N2O3/c1-11-5-6-13(12(2)9-11)18-15(21)14(20)17-10-16(3,4)7-8-19/h5-6,9,19H,7-8,10H2,1-4H3,(H,17,20)(H,18,21). The molecule has 5 heteroatoms. The summed E-state index contributed by atoms with van der Waals surface area (Å²) in [6.07, 6.45) is 0.561. The van der Waals surface area contributed by atoms with Crippen molar-refractivity contribution < 1.29 is 14.7 Å². The van der Waals surface area contributed by atoms with E-state index in [1.54, 1.807) is 6.07 Å². The van der Waals surface area contributed by atoms with Crippen LogP contribution in [0.5, 0.6) is 0 Å². The van der Waals surface area contributed by atoms with Gasteiger partial charge in [0.05, 0.1) is 0 Å². The SMILES string of the molecule is Cc1ccc(NC(=O)C(=O)NCC(C)(C)CCO)c(C)c1. The van der Waals surface area contributed by atoms with E-state index in [1.165, 1.54) is 0 Å². The fourth-order valence-corrected chi connectivity index (χ4v) is 1.92. The van der Waals surface area contributed by atoms with Crippen LogP contribution in [-0.2, 0) is 9.59 Å². The molecule has 0 aromatic heterocycles. The lowest BCUT2D eigenvalue weighted by molar-refractivity contribution is -0.136. The third-order valence-electron chi connectivity index (χ3n) is 3.35. The molecule has 0 radical (unpaired) electrons. The smallest absolute Gasteiger partial charge is 0.313 e. The Kier molecular flexibility index (Phi) is 5.90. The zero-order chi connectivity index (χ0) is 16.0. The highest BCUT2D eigenvalue weighted by Gasteiger charge is 2.21. The summed E-state index contributed by atoms with van der Waals surface area (Å²) in [6.45, 7) is 8.08. The molecule has 0 fully saturated rings. The van der Waals surface area contributed by atoms with Crippen molar-refractivity contribution in [1.29, 1.82) is 0 Å². The van der Waals surface area contributed by atoms with Crippen molar-refractivity contribution in [1.82, 2.24) is 5.32 Å². The second-order valence-electron chi connectivity index (χ2n) is 6.09. The monoisotopic (exact) mass is 292 g/mol. The number of carbonyl (C=O) groups excluding carboxylic acids is 2. The zero-order valence-electron chi connectivity index (χ0n) is 13.1. The number of hydrogen-bond acceptors (Lipinski definition) is 3. The van der Waals surface area contributed by atoms with Gasteiger partial charge in [0.25, 0.3) is 0 Å². The predicted molar refractivity (Wildman–Crippen MR) is 83.0 cm³/mol. The molecule has 0 atom stereocenters. The number of aryl methyl sites for hydroxylation is 2. The van der Waals surface area contributed by atoms with Gasteiger partial charge in [0.15, 0.2) is 0 Å². The summed E-state index contributed by atoms with van der Waals surface area (Å²) in [5.41, 5.74) is 2.40. The Balaban J connectivity index is 2.57. The molecule has 0 saturated carbocycles. The van der Waals surface area contributed by atoms with Crippen LogP contribution in [0.15, 0.2) is 18.2 Å². The van der Waals surface area contributed by atoms with Crippen LogP contribution in [0.2, 0.25) is 0 Å². The molecule has 0 saturated heterocycles. The largest absolute Gasteiger partial charge is 0.396 e. The van der Waals surface area contributed by atoms with E-state index in [0.29, 0.717) is 18.7 Å². The van der Waals surface area contributed by atoms with Gasteiger partial charge in [-0.25, -0.2) is 0 Å². The Morgan fingerprint density at radius 1 is 1.19 bits per heavy atom. The number of hydrogen-bond donors (Lipinski definition) is 3. The highest BCUT2D eigenvalue weighted by molar-refractivity contribution is 6.39. The molecule has 3 N–H and O–H groups in total. The van der Waals surface area contributed by atoms with Gasteiger partial charge in [-0.1, -0.05) is 31.5 Å². The fraction of sp³-hybridized carbons (Fsp3) is 0.500. The van der Waals surface area contributed by atoms with Gasteiger partial charge < -0.3 is 15.7 Å². The number of aliphatic hydroxyl groups is 1. The van der Waals surface area contributed by atoms with E-state index in [2.05, 4.69) is 10.6 Å². The Morgan fingerprint density at radius 2 is 1.86 bits per heavy atom. The van der Waals surface area contributed by atoms with Gasteiger partial charge in [-0.3, -0.25) is 9.59 Å². The van der Waals surface area contributed by atoms with Crippen LogP contribution < -0.4 is 10.6 Å². The Bertz CT molecular complexity index is 524. The fourth-order valence-electron chi connectivity index (χ4n) is 1.92. The summed E-state index contributed by atoms with van der Waals surface area (Å²) in [6, 6.07) is 5.61. The van der Waals surface area contributed by atoms with E-state index in [0.717, 1.165) is 11.1 Å². The molecular formula is C16H24N2O3. The maximum atomic E-state index is 11.9. The lowest BCUT2D eigenvalue weighted by atomic mass is 9.90. The van der Waals surface area contributed by atoms with E-state index in [1.807, 2.05) is 39.8 Å².